The van der Waals surface area contributed by atoms with Gasteiger partial charge in [-0.25, -0.2) is 4.39 Å². The van der Waals surface area contributed by atoms with Gasteiger partial charge in [0.1, 0.15) is 5.82 Å². The Balaban J connectivity index is 2.00. The van der Waals surface area contributed by atoms with Crippen LogP contribution in [0, 0.1) is 11.2 Å². The van der Waals surface area contributed by atoms with Crippen LogP contribution in [0.3, 0.4) is 0 Å². The molecule has 0 amide bonds. The van der Waals surface area contributed by atoms with E-state index < -0.39 is 0 Å². The Hall–Kier alpha value is -0.890. The topological polar surface area (TPSA) is 12.0 Å². The Labute approximate surface area is 103 Å². The summed E-state index contributed by atoms with van der Waals surface area (Å²) in [4.78, 5) is 0. The van der Waals surface area contributed by atoms with Gasteiger partial charge in [-0.2, -0.15) is 0 Å². The molecule has 17 heavy (non-hydrogen) atoms. The summed E-state index contributed by atoms with van der Waals surface area (Å²) >= 11 is 0. The van der Waals surface area contributed by atoms with Crippen LogP contribution in [0.2, 0.25) is 0 Å². The van der Waals surface area contributed by atoms with Gasteiger partial charge in [-0.05, 0) is 56.2 Å². The van der Waals surface area contributed by atoms with E-state index in [1.54, 1.807) is 12.1 Å². The van der Waals surface area contributed by atoms with E-state index in [4.69, 9.17) is 0 Å². The van der Waals surface area contributed by atoms with Crippen LogP contribution in [0.1, 0.15) is 38.7 Å². The van der Waals surface area contributed by atoms with Gasteiger partial charge in [-0.1, -0.05) is 25.1 Å². The molecule has 1 aliphatic carbocycles. The first-order valence-electron chi connectivity index (χ1n) is 6.65. The zero-order valence-electron chi connectivity index (χ0n) is 10.8. The van der Waals surface area contributed by atoms with Crippen LogP contribution >= 0.6 is 0 Å². The van der Waals surface area contributed by atoms with Gasteiger partial charge in [-0.15, -0.1) is 0 Å². The van der Waals surface area contributed by atoms with Gasteiger partial charge in [0.05, 0.1) is 0 Å². The van der Waals surface area contributed by atoms with E-state index in [1.807, 2.05) is 12.1 Å². The second kappa shape index (κ2) is 5.18. The number of hydrogen-bond acceptors (Lipinski definition) is 1. The highest BCUT2D eigenvalue weighted by Gasteiger charge is 2.47. The van der Waals surface area contributed by atoms with Crippen molar-refractivity contribution in [3.8, 4) is 0 Å². The molecule has 0 aliphatic heterocycles. The standard InChI is InChI=1S/C15H22FN/c1-3-10-17-12(2)15(8-9-15)11-13-6-4-5-7-14(13)16/h4-7,12,17H,3,8-11H2,1-2H3. The first-order valence-corrected chi connectivity index (χ1v) is 6.65. The molecule has 2 rings (SSSR count). The average Bonchev–Trinajstić information content (AvgIpc) is 3.10. The Kier molecular flexibility index (Phi) is 3.82. The normalized spacial score (nSPS) is 19.0. The maximum Gasteiger partial charge on any atom is 0.126 e. The van der Waals surface area contributed by atoms with Crippen LogP contribution in [0.5, 0.6) is 0 Å². The second-order valence-electron chi connectivity index (χ2n) is 5.31. The highest BCUT2D eigenvalue weighted by molar-refractivity contribution is 5.21. The van der Waals surface area contributed by atoms with E-state index in [2.05, 4.69) is 19.2 Å². The molecule has 1 atom stereocenters. The molecule has 0 heterocycles. The van der Waals surface area contributed by atoms with Crippen molar-refractivity contribution in [1.29, 1.82) is 0 Å². The fourth-order valence-electron chi connectivity index (χ4n) is 2.52. The van der Waals surface area contributed by atoms with E-state index in [1.165, 1.54) is 12.8 Å². The van der Waals surface area contributed by atoms with Gasteiger partial charge >= 0.3 is 0 Å². The molecule has 0 aromatic heterocycles. The third kappa shape index (κ3) is 2.86. The predicted molar refractivity (Wildman–Crippen MR) is 69.5 cm³/mol. The molecule has 1 N–H and O–H groups in total. The van der Waals surface area contributed by atoms with Crippen molar-refractivity contribution in [3.05, 3.63) is 35.6 Å². The minimum atomic E-state index is -0.0542. The van der Waals surface area contributed by atoms with E-state index in [0.29, 0.717) is 11.5 Å². The Morgan fingerprint density at radius 3 is 2.65 bits per heavy atom. The average molecular weight is 235 g/mol. The molecule has 1 saturated carbocycles. The largest absolute Gasteiger partial charge is 0.314 e. The zero-order valence-corrected chi connectivity index (χ0v) is 10.8. The number of halogens is 1. The summed E-state index contributed by atoms with van der Waals surface area (Å²) in [6.07, 6.45) is 4.47. The monoisotopic (exact) mass is 235 g/mol. The van der Waals surface area contributed by atoms with Gasteiger partial charge in [0, 0.05) is 6.04 Å². The van der Waals surface area contributed by atoms with Crippen LogP contribution in [0.15, 0.2) is 24.3 Å². The Morgan fingerprint density at radius 2 is 2.06 bits per heavy atom. The van der Waals surface area contributed by atoms with Gasteiger partial charge in [0.25, 0.3) is 0 Å². The lowest BCUT2D eigenvalue weighted by Gasteiger charge is -2.25. The van der Waals surface area contributed by atoms with Crippen molar-refractivity contribution in [3.63, 3.8) is 0 Å². The molecule has 0 spiro atoms. The molecule has 1 aromatic rings. The SMILES string of the molecule is CCCNC(C)C1(Cc2ccccc2F)CC1. The molecule has 0 saturated heterocycles. The highest BCUT2D eigenvalue weighted by atomic mass is 19.1. The molecular formula is C15H22FN. The minimum absolute atomic E-state index is 0.0542. The fourth-order valence-corrected chi connectivity index (χ4v) is 2.52. The summed E-state index contributed by atoms with van der Waals surface area (Å²) in [6, 6.07) is 7.66. The summed E-state index contributed by atoms with van der Waals surface area (Å²) in [5.41, 5.74) is 1.17. The van der Waals surface area contributed by atoms with Crippen molar-refractivity contribution >= 4 is 0 Å². The lowest BCUT2D eigenvalue weighted by Crippen LogP contribution is -2.36. The third-order valence-corrected chi connectivity index (χ3v) is 4.01. The Bertz CT molecular complexity index is 371. The van der Waals surface area contributed by atoms with E-state index in [0.717, 1.165) is 24.9 Å². The van der Waals surface area contributed by atoms with Crippen LogP contribution in [-0.2, 0) is 6.42 Å². The lowest BCUT2D eigenvalue weighted by atomic mass is 9.89. The Morgan fingerprint density at radius 1 is 1.35 bits per heavy atom. The fraction of sp³-hybridized carbons (Fsp3) is 0.600. The molecule has 0 bridgehead atoms. The molecule has 94 valence electrons. The van der Waals surface area contributed by atoms with Crippen LogP contribution in [-0.4, -0.2) is 12.6 Å². The summed E-state index contributed by atoms with van der Waals surface area (Å²) in [6.45, 7) is 5.47. The summed E-state index contributed by atoms with van der Waals surface area (Å²) in [7, 11) is 0. The van der Waals surface area contributed by atoms with Gasteiger partial charge in [-0.3, -0.25) is 0 Å². The van der Waals surface area contributed by atoms with Crippen molar-refractivity contribution in [2.75, 3.05) is 6.54 Å². The van der Waals surface area contributed by atoms with Crippen molar-refractivity contribution < 1.29 is 4.39 Å². The number of hydrogen-bond donors (Lipinski definition) is 1. The predicted octanol–water partition coefficient (Wildman–Crippen LogP) is 3.54. The second-order valence-corrected chi connectivity index (χ2v) is 5.31. The van der Waals surface area contributed by atoms with E-state index in [-0.39, 0.29) is 5.82 Å². The summed E-state index contributed by atoms with van der Waals surface area (Å²) in [5, 5.41) is 3.55. The van der Waals surface area contributed by atoms with Gasteiger partial charge in [0.2, 0.25) is 0 Å². The summed E-state index contributed by atoms with van der Waals surface area (Å²) < 4.78 is 13.6. The van der Waals surface area contributed by atoms with Crippen LogP contribution < -0.4 is 5.32 Å². The van der Waals surface area contributed by atoms with Crippen molar-refractivity contribution in [2.24, 2.45) is 5.41 Å². The molecule has 1 aromatic carbocycles. The number of benzene rings is 1. The lowest BCUT2D eigenvalue weighted by molar-refractivity contribution is 0.346. The maximum atomic E-state index is 13.6. The molecular weight excluding hydrogens is 213 g/mol. The van der Waals surface area contributed by atoms with Crippen molar-refractivity contribution in [1.82, 2.24) is 5.32 Å². The number of rotatable bonds is 6. The zero-order chi connectivity index (χ0) is 12.3. The molecule has 1 aliphatic rings. The molecule has 1 unspecified atom stereocenters. The van der Waals surface area contributed by atoms with Gasteiger partial charge < -0.3 is 5.32 Å². The quantitative estimate of drug-likeness (QED) is 0.795. The number of nitrogens with one attached hydrogen (secondary N) is 1. The third-order valence-electron chi connectivity index (χ3n) is 4.01. The summed E-state index contributed by atoms with van der Waals surface area (Å²) in [5.74, 6) is -0.0542. The highest BCUT2D eigenvalue weighted by Crippen LogP contribution is 2.51. The molecule has 1 fully saturated rings. The molecule has 0 radical (unpaired) electrons. The molecule has 1 nitrogen and oxygen atoms in total. The maximum absolute atomic E-state index is 13.6. The smallest absolute Gasteiger partial charge is 0.126 e. The van der Waals surface area contributed by atoms with Crippen LogP contribution in [0.25, 0.3) is 0 Å². The van der Waals surface area contributed by atoms with Crippen molar-refractivity contribution in [2.45, 2.75) is 45.6 Å². The first kappa shape index (κ1) is 12.6. The molecule has 2 heteroatoms. The first-order chi connectivity index (χ1) is 8.18. The van der Waals surface area contributed by atoms with E-state index >= 15 is 0 Å². The minimum Gasteiger partial charge on any atom is -0.314 e. The van der Waals surface area contributed by atoms with Crippen LogP contribution in [0.4, 0.5) is 4.39 Å². The van der Waals surface area contributed by atoms with E-state index in [9.17, 15) is 4.39 Å². The van der Waals surface area contributed by atoms with Gasteiger partial charge in [0.15, 0.2) is 0 Å².